The van der Waals surface area contributed by atoms with Crippen molar-refractivity contribution in [1.29, 1.82) is 0 Å². The molecule has 7 heteroatoms. The first-order valence-electron chi connectivity index (χ1n) is 6.93. The second kappa shape index (κ2) is 9.79. The van der Waals surface area contributed by atoms with Crippen molar-refractivity contribution in [1.82, 2.24) is 10.2 Å². The Labute approximate surface area is 126 Å². The molecule has 0 aromatic heterocycles. The van der Waals surface area contributed by atoms with Gasteiger partial charge in [-0.2, -0.15) is 0 Å². The molecule has 0 aromatic rings. The number of rotatable bonds is 8. The molecule has 0 fully saturated rings. The number of amidine groups is 1. The maximum atomic E-state index is 12.6. The molecule has 0 heterocycles. The summed E-state index contributed by atoms with van der Waals surface area (Å²) in [5.74, 6) is 0.0142. The predicted octanol–water partition coefficient (Wildman–Crippen LogP) is 1.11. The quantitative estimate of drug-likeness (QED) is 0.518. The Morgan fingerprint density at radius 3 is 2.52 bits per heavy atom. The van der Waals surface area contributed by atoms with Crippen LogP contribution in [0.2, 0.25) is 0 Å². The Morgan fingerprint density at radius 2 is 2.10 bits per heavy atom. The Balaban J connectivity index is 5.07. The highest BCUT2D eigenvalue weighted by Crippen LogP contribution is 2.07. The van der Waals surface area contributed by atoms with Crippen LogP contribution >= 0.6 is 0 Å². The summed E-state index contributed by atoms with van der Waals surface area (Å²) in [7, 11) is 1.26. The molecule has 0 aliphatic rings. The molecular weight excluding hydrogens is 272 g/mol. The Kier molecular flexibility index (Phi) is 8.84. The van der Waals surface area contributed by atoms with Crippen molar-refractivity contribution in [3.05, 3.63) is 12.8 Å². The van der Waals surface area contributed by atoms with Gasteiger partial charge in [0.2, 0.25) is 5.91 Å². The van der Waals surface area contributed by atoms with Crippen LogP contribution in [-0.2, 0) is 9.53 Å². The molecule has 0 radical (unpaired) electrons. The minimum absolute atomic E-state index is 0.0754. The fraction of sp³-hybridized carbons (Fsp3) is 0.643. The van der Waals surface area contributed by atoms with E-state index in [1.807, 2.05) is 20.8 Å². The first kappa shape index (κ1) is 18.9. The first-order chi connectivity index (χ1) is 9.87. The lowest BCUT2D eigenvalue weighted by Crippen LogP contribution is -2.53. The number of amides is 2. The largest absolute Gasteiger partial charge is 0.453 e. The van der Waals surface area contributed by atoms with E-state index in [1.165, 1.54) is 13.3 Å². The number of ether oxygens (including phenoxy) is 1. The number of nitrogens with one attached hydrogen (secondary N) is 1. The summed E-state index contributed by atoms with van der Waals surface area (Å²) < 4.78 is 4.56. The van der Waals surface area contributed by atoms with Crippen molar-refractivity contribution in [3.8, 4) is 0 Å². The molecule has 0 bridgehead atoms. The van der Waals surface area contributed by atoms with E-state index in [-0.39, 0.29) is 18.4 Å². The van der Waals surface area contributed by atoms with Crippen LogP contribution < -0.4 is 11.1 Å². The topological polar surface area (TPSA) is 97.0 Å². The molecule has 0 spiro atoms. The summed E-state index contributed by atoms with van der Waals surface area (Å²) in [4.78, 5) is 29.4. The minimum Gasteiger partial charge on any atom is -0.453 e. The van der Waals surface area contributed by atoms with E-state index in [1.54, 1.807) is 4.90 Å². The van der Waals surface area contributed by atoms with E-state index >= 15 is 0 Å². The average molecular weight is 298 g/mol. The van der Waals surface area contributed by atoms with Crippen molar-refractivity contribution < 1.29 is 14.3 Å². The van der Waals surface area contributed by atoms with Crippen molar-refractivity contribution in [2.45, 2.75) is 33.2 Å². The van der Waals surface area contributed by atoms with E-state index < -0.39 is 12.1 Å². The van der Waals surface area contributed by atoms with Gasteiger partial charge in [0, 0.05) is 12.7 Å². The highest BCUT2D eigenvalue weighted by molar-refractivity contribution is 5.91. The molecule has 1 atom stereocenters. The summed E-state index contributed by atoms with van der Waals surface area (Å²) in [6, 6.07) is -0.666. The summed E-state index contributed by atoms with van der Waals surface area (Å²) in [6.07, 6.45) is 1.47. The summed E-state index contributed by atoms with van der Waals surface area (Å²) in [6.45, 7) is 9.85. The lowest BCUT2D eigenvalue weighted by Gasteiger charge is -2.29. The van der Waals surface area contributed by atoms with E-state index in [0.29, 0.717) is 12.4 Å². The second-order valence-electron chi connectivity index (χ2n) is 4.92. The number of hydrogen-bond acceptors (Lipinski definition) is 4. The lowest BCUT2D eigenvalue weighted by atomic mass is 10.0. The number of aliphatic imine (C=N–C) groups is 1. The molecule has 0 saturated heterocycles. The van der Waals surface area contributed by atoms with E-state index in [2.05, 4.69) is 21.6 Å². The zero-order chi connectivity index (χ0) is 16.4. The number of alkyl carbamates (subject to hydrolysis) is 1. The molecule has 2 amide bonds. The van der Waals surface area contributed by atoms with E-state index in [4.69, 9.17) is 5.73 Å². The normalized spacial score (nSPS) is 12.7. The third-order valence-corrected chi connectivity index (χ3v) is 2.81. The van der Waals surface area contributed by atoms with Crippen molar-refractivity contribution in [3.63, 3.8) is 0 Å². The van der Waals surface area contributed by atoms with Crippen molar-refractivity contribution in [2.24, 2.45) is 16.6 Å². The maximum absolute atomic E-state index is 12.6. The fourth-order valence-electron chi connectivity index (χ4n) is 1.79. The molecule has 1 unspecified atom stereocenters. The van der Waals surface area contributed by atoms with Crippen LogP contribution in [0.15, 0.2) is 17.8 Å². The molecular formula is C14H26N4O3. The summed E-state index contributed by atoms with van der Waals surface area (Å²) in [5, 5.41) is 2.56. The molecule has 21 heavy (non-hydrogen) atoms. The van der Waals surface area contributed by atoms with Crippen LogP contribution in [0.5, 0.6) is 0 Å². The van der Waals surface area contributed by atoms with Gasteiger partial charge in [0.05, 0.1) is 13.7 Å². The summed E-state index contributed by atoms with van der Waals surface area (Å²) in [5.41, 5.74) is 5.73. The van der Waals surface area contributed by atoms with Gasteiger partial charge in [-0.15, -0.1) is 0 Å². The SMILES string of the molecule is C=CN=C(N)CN(CCC)C(=O)C(NC(=O)OC)C(C)C. The minimum atomic E-state index is -0.666. The third-order valence-electron chi connectivity index (χ3n) is 2.81. The monoisotopic (exact) mass is 298 g/mol. The second-order valence-corrected chi connectivity index (χ2v) is 4.92. The number of nitrogens with zero attached hydrogens (tertiary/aromatic N) is 2. The molecule has 3 N–H and O–H groups in total. The molecule has 0 rings (SSSR count). The van der Waals surface area contributed by atoms with Gasteiger partial charge in [-0.1, -0.05) is 27.4 Å². The Bertz CT molecular complexity index is 394. The third kappa shape index (κ3) is 6.78. The van der Waals surface area contributed by atoms with Crippen LogP contribution in [0.4, 0.5) is 4.79 Å². The number of nitrogens with two attached hydrogens (primary N) is 1. The number of hydrogen-bond donors (Lipinski definition) is 2. The van der Waals surface area contributed by atoms with E-state index in [9.17, 15) is 9.59 Å². The van der Waals surface area contributed by atoms with Gasteiger partial charge in [-0.25, -0.2) is 9.79 Å². The molecule has 7 nitrogen and oxygen atoms in total. The molecule has 0 aliphatic heterocycles. The van der Waals surface area contributed by atoms with Gasteiger partial charge in [0.1, 0.15) is 11.9 Å². The fourth-order valence-corrected chi connectivity index (χ4v) is 1.79. The lowest BCUT2D eigenvalue weighted by molar-refractivity contribution is -0.133. The van der Waals surface area contributed by atoms with Crippen LogP contribution in [0, 0.1) is 5.92 Å². The van der Waals surface area contributed by atoms with Gasteiger partial charge in [-0.05, 0) is 12.3 Å². The number of methoxy groups -OCH3 is 1. The van der Waals surface area contributed by atoms with Gasteiger partial charge in [-0.3, -0.25) is 4.79 Å². The standard InChI is InChI=1S/C14H26N4O3/c1-6-8-18(9-11(15)16-7-2)13(19)12(10(3)4)17-14(20)21-5/h7,10,12H,2,6,8-9H2,1,3-5H3,(H2,15,16)(H,17,20). The average Bonchev–Trinajstić information content (AvgIpc) is 2.43. The van der Waals surface area contributed by atoms with Crippen molar-refractivity contribution in [2.75, 3.05) is 20.2 Å². The Morgan fingerprint density at radius 1 is 1.48 bits per heavy atom. The highest BCUT2D eigenvalue weighted by atomic mass is 16.5. The van der Waals surface area contributed by atoms with Crippen LogP contribution in [0.25, 0.3) is 0 Å². The molecule has 120 valence electrons. The molecule has 0 saturated carbocycles. The Hall–Kier alpha value is -2.05. The van der Waals surface area contributed by atoms with Gasteiger partial charge < -0.3 is 20.7 Å². The van der Waals surface area contributed by atoms with Crippen LogP contribution in [0.1, 0.15) is 27.2 Å². The highest BCUT2D eigenvalue weighted by Gasteiger charge is 2.28. The number of carbonyl (C=O) groups excluding carboxylic acids is 2. The number of carbonyl (C=O) groups is 2. The molecule has 0 aliphatic carbocycles. The van der Waals surface area contributed by atoms with Gasteiger partial charge in [0.25, 0.3) is 0 Å². The van der Waals surface area contributed by atoms with Crippen molar-refractivity contribution >= 4 is 17.8 Å². The zero-order valence-electron chi connectivity index (χ0n) is 13.3. The van der Waals surface area contributed by atoms with Crippen LogP contribution in [0.3, 0.4) is 0 Å². The summed E-state index contributed by atoms with van der Waals surface area (Å²) >= 11 is 0. The molecule has 0 aromatic carbocycles. The van der Waals surface area contributed by atoms with Gasteiger partial charge >= 0.3 is 6.09 Å². The first-order valence-corrected chi connectivity index (χ1v) is 6.93. The van der Waals surface area contributed by atoms with Crippen LogP contribution in [-0.4, -0.2) is 49.0 Å². The van der Waals surface area contributed by atoms with E-state index in [0.717, 1.165) is 6.42 Å². The zero-order valence-corrected chi connectivity index (χ0v) is 13.3. The maximum Gasteiger partial charge on any atom is 0.407 e. The predicted molar refractivity (Wildman–Crippen MR) is 82.9 cm³/mol. The van der Waals surface area contributed by atoms with Gasteiger partial charge in [0.15, 0.2) is 0 Å². The smallest absolute Gasteiger partial charge is 0.407 e.